The van der Waals surface area contributed by atoms with Crippen molar-refractivity contribution in [3.8, 4) is 0 Å². The fourth-order valence-corrected chi connectivity index (χ4v) is 7.86. The van der Waals surface area contributed by atoms with Crippen LogP contribution in [0, 0.1) is 0 Å². The molecule has 12 heteroatoms. The van der Waals surface area contributed by atoms with Crippen LogP contribution in [0.5, 0.6) is 0 Å². The Balaban J connectivity index is 1.52. The zero-order valence-corrected chi connectivity index (χ0v) is 22.3. The van der Waals surface area contributed by atoms with Crippen molar-refractivity contribution >= 4 is 45.3 Å². The van der Waals surface area contributed by atoms with E-state index in [9.17, 15) is 18.0 Å². The number of halogens is 4. The van der Waals surface area contributed by atoms with Crippen LogP contribution < -0.4 is 5.32 Å². The third kappa shape index (κ3) is 3.93. The lowest BCUT2D eigenvalue weighted by molar-refractivity contribution is -0.753. The maximum Gasteiger partial charge on any atom is 0.416 e. The van der Waals surface area contributed by atoms with Crippen LogP contribution in [0.4, 0.5) is 13.2 Å². The van der Waals surface area contributed by atoms with Crippen LogP contribution in [0.2, 0.25) is 5.02 Å². The number of H-pyrrole nitrogens is 1. The van der Waals surface area contributed by atoms with Gasteiger partial charge in [-0.15, -0.1) is 0 Å². The Morgan fingerprint density at radius 2 is 2.16 bits per heavy atom. The van der Waals surface area contributed by atoms with Crippen LogP contribution in [-0.2, 0) is 22.9 Å². The second-order valence-corrected chi connectivity index (χ2v) is 11.6. The smallest absolute Gasteiger partial charge is 0.358 e. The molecule has 2 N–H and O–H groups in total. The highest BCUT2D eigenvalue weighted by Gasteiger charge is 2.83. The van der Waals surface area contributed by atoms with Crippen LogP contribution in [0.15, 0.2) is 47.6 Å². The first-order valence-electron chi connectivity index (χ1n) is 12.5. The van der Waals surface area contributed by atoms with E-state index in [0.29, 0.717) is 30.7 Å². The maximum atomic E-state index is 14.2. The van der Waals surface area contributed by atoms with Crippen LogP contribution >= 0.6 is 23.4 Å². The lowest BCUT2D eigenvalue weighted by Gasteiger charge is -2.32. The molecule has 2 saturated heterocycles. The highest BCUT2D eigenvalue weighted by molar-refractivity contribution is 8.13. The number of hydrogen-bond donors (Lipinski definition) is 2. The van der Waals surface area contributed by atoms with Crippen molar-refractivity contribution < 1.29 is 22.4 Å². The minimum absolute atomic E-state index is 0.0554. The Bertz CT molecular complexity index is 1440. The molecule has 6 rings (SSSR count). The number of benzene rings is 2. The molecule has 3 unspecified atom stereocenters. The first-order chi connectivity index (χ1) is 18.2. The van der Waals surface area contributed by atoms with Crippen molar-refractivity contribution in [1.82, 2.24) is 20.4 Å². The molecule has 2 aromatic carbocycles. The largest absolute Gasteiger partial charge is 0.416 e. The molecule has 0 aliphatic carbocycles. The van der Waals surface area contributed by atoms with Gasteiger partial charge in [-0.25, -0.2) is 9.48 Å². The SMILES string of the molecule is CNC(=O)CN1CC[N+]2(C3=NCCS3)C(C1)C2(Cc1ccc(Cl)cc1C(F)(F)F)c1ccc2[nH]ncc2c1. The normalized spacial score (nSPS) is 27.3. The molecule has 0 saturated carbocycles. The summed E-state index contributed by atoms with van der Waals surface area (Å²) < 4.78 is 43.2. The lowest BCUT2D eigenvalue weighted by atomic mass is 9.85. The molecule has 0 bridgehead atoms. The molecule has 3 atom stereocenters. The average molecular weight is 564 g/mol. The predicted molar refractivity (Wildman–Crippen MR) is 142 cm³/mol. The number of rotatable bonds is 5. The van der Waals surface area contributed by atoms with E-state index in [1.807, 2.05) is 18.2 Å². The number of piperazine rings is 1. The Hall–Kier alpha value is -2.60. The second kappa shape index (κ2) is 9.25. The van der Waals surface area contributed by atoms with Crippen molar-refractivity contribution in [2.75, 3.05) is 45.5 Å². The summed E-state index contributed by atoms with van der Waals surface area (Å²) >= 11 is 7.73. The Kier molecular flexibility index (Phi) is 6.25. The van der Waals surface area contributed by atoms with E-state index in [2.05, 4.69) is 20.4 Å². The lowest BCUT2D eigenvalue weighted by Crippen LogP contribution is -2.51. The molecule has 0 spiro atoms. The molecule has 7 nitrogen and oxygen atoms in total. The summed E-state index contributed by atoms with van der Waals surface area (Å²) in [7, 11) is 1.61. The first kappa shape index (κ1) is 25.7. The van der Waals surface area contributed by atoms with Gasteiger partial charge in [0, 0.05) is 41.7 Å². The topological polar surface area (TPSA) is 73.4 Å². The van der Waals surface area contributed by atoms with Crippen molar-refractivity contribution in [3.63, 3.8) is 0 Å². The third-order valence-electron chi connectivity index (χ3n) is 8.26. The highest BCUT2D eigenvalue weighted by atomic mass is 35.5. The number of aromatic nitrogens is 2. The standard InChI is InChI=1S/C26H26ClF3N6OS/c1-31-23(37)15-35-7-8-36(24-32-6-9-38-24)22(14-35)25(36,18-3-5-21-17(10-18)13-33-34-21)12-16-2-4-19(27)11-20(16)26(28,29)30/h2-5,10-11,13,22H,6-9,12,14-15H2,1H3,(H-,31,33,34,37)/p+1. The van der Waals surface area contributed by atoms with E-state index in [0.717, 1.165) is 33.5 Å². The number of nitrogens with one attached hydrogen (secondary N) is 2. The summed E-state index contributed by atoms with van der Waals surface area (Å²) in [6, 6.07) is 10.00. The number of carbonyl (C=O) groups is 1. The van der Waals surface area contributed by atoms with Crippen molar-refractivity contribution in [2.45, 2.75) is 24.2 Å². The van der Waals surface area contributed by atoms with Crippen molar-refractivity contribution in [2.24, 2.45) is 4.99 Å². The van der Waals surface area contributed by atoms with Gasteiger partial charge in [0.25, 0.3) is 5.17 Å². The van der Waals surface area contributed by atoms with E-state index in [-0.39, 0.29) is 35.5 Å². The third-order valence-corrected chi connectivity index (χ3v) is 9.60. The van der Waals surface area contributed by atoms with Gasteiger partial charge in [-0.05, 0) is 41.6 Å². The van der Waals surface area contributed by atoms with Gasteiger partial charge in [0.05, 0.1) is 43.5 Å². The number of hydrogen-bond acceptors (Lipinski definition) is 5. The fraction of sp³-hybridized carbons (Fsp3) is 0.423. The number of alkyl halides is 3. The average Bonchev–Trinajstić information content (AvgIpc) is 3.34. The number of aromatic amines is 1. The van der Waals surface area contributed by atoms with Crippen molar-refractivity contribution in [3.05, 3.63) is 64.3 Å². The zero-order valence-electron chi connectivity index (χ0n) is 20.7. The molecule has 0 radical (unpaired) electrons. The minimum Gasteiger partial charge on any atom is -0.358 e. The van der Waals surface area contributed by atoms with Crippen LogP contribution in [-0.4, -0.2) is 82.2 Å². The van der Waals surface area contributed by atoms with Crippen molar-refractivity contribution in [1.29, 1.82) is 0 Å². The van der Waals surface area contributed by atoms with E-state index in [1.54, 1.807) is 25.0 Å². The van der Waals surface area contributed by atoms with Gasteiger partial charge in [0.15, 0.2) is 11.6 Å². The molecular formula is C26H27ClF3N6OS+. The van der Waals surface area contributed by atoms with Crippen LogP contribution in [0.1, 0.15) is 16.7 Å². The molecule has 3 aliphatic rings. The molecule has 3 aromatic rings. The van der Waals surface area contributed by atoms with Gasteiger partial charge < -0.3 is 5.32 Å². The first-order valence-corrected chi connectivity index (χ1v) is 13.8. The number of thioether (sulfide) groups is 1. The number of likely N-dealkylation sites (N-methyl/N-ethyl adjacent to an activating group) is 1. The number of fused-ring (bicyclic) bond motifs is 2. The number of quaternary nitrogens is 1. The molecule has 3 aliphatic heterocycles. The Labute approximate surface area is 227 Å². The summed E-state index contributed by atoms with van der Waals surface area (Å²) in [4.78, 5) is 19.2. The molecule has 4 heterocycles. The van der Waals surface area contributed by atoms with E-state index in [4.69, 9.17) is 16.6 Å². The number of amides is 1. The number of nitrogens with zero attached hydrogens (tertiary/aromatic N) is 4. The molecule has 38 heavy (non-hydrogen) atoms. The quantitative estimate of drug-likeness (QED) is 0.363. The minimum atomic E-state index is -4.54. The van der Waals surface area contributed by atoms with Crippen LogP contribution in [0.3, 0.4) is 0 Å². The molecule has 1 amide bonds. The monoisotopic (exact) mass is 563 g/mol. The Morgan fingerprint density at radius 3 is 2.89 bits per heavy atom. The Morgan fingerprint density at radius 1 is 1.32 bits per heavy atom. The number of carbonyl (C=O) groups excluding carboxylic acids is 1. The summed E-state index contributed by atoms with van der Waals surface area (Å²) in [5.41, 5.74) is 0.636. The second-order valence-electron chi connectivity index (χ2n) is 10.1. The van der Waals surface area contributed by atoms with Crippen LogP contribution in [0.25, 0.3) is 10.9 Å². The fourth-order valence-electron chi connectivity index (χ4n) is 6.53. The highest BCUT2D eigenvalue weighted by Crippen LogP contribution is 2.64. The summed E-state index contributed by atoms with van der Waals surface area (Å²) in [6.45, 7) is 2.82. The summed E-state index contributed by atoms with van der Waals surface area (Å²) in [5, 5.41) is 11.7. The van der Waals surface area contributed by atoms with Gasteiger partial charge in [-0.1, -0.05) is 23.7 Å². The zero-order chi connectivity index (χ0) is 26.7. The van der Waals surface area contributed by atoms with Gasteiger partial charge >= 0.3 is 6.18 Å². The molecule has 200 valence electrons. The van der Waals surface area contributed by atoms with Gasteiger partial charge in [-0.3, -0.25) is 14.8 Å². The van der Waals surface area contributed by atoms with Gasteiger partial charge in [0.1, 0.15) is 0 Å². The number of aliphatic imine (C=N–C) groups is 1. The van der Waals surface area contributed by atoms with Gasteiger partial charge in [0.2, 0.25) is 5.91 Å². The predicted octanol–water partition coefficient (Wildman–Crippen LogP) is 4.04. The number of amidine groups is 1. The van der Waals surface area contributed by atoms with Gasteiger partial charge in [-0.2, -0.15) is 18.3 Å². The summed E-state index contributed by atoms with van der Waals surface area (Å²) in [6.07, 6.45) is -2.64. The van der Waals surface area contributed by atoms with E-state index < -0.39 is 17.3 Å². The molecule has 1 aromatic heterocycles. The molecule has 2 fully saturated rings. The maximum absolute atomic E-state index is 14.2. The molecular weight excluding hydrogens is 537 g/mol. The summed E-state index contributed by atoms with van der Waals surface area (Å²) in [5.74, 6) is 0.774. The van der Waals surface area contributed by atoms with E-state index >= 15 is 0 Å². The van der Waals surface area contributed by atoms with E-state index in [1.165, 1.54) is 12.1 Å².